The van der Waals surface area contributed by atoms with Crippen LogP contribution in [0.5, 0.6) is 0 Å². The summed E-state index contributed by atoms with van der Waals surface area (Å²) in [6, 6.07) is 7.87. The zero-order valence-corrected chi connectivity index (χ0v) is 10.5. The summed E-state index contributed by atoms with van der Waals surface area (Å²) in [5.74, 6) is 0.797. The van der Waals surface area contributed by atoms with Gasteiger partial charge in [0.1, 0.15) is 5.58 Å². The molecule has 0 spiro atoms. The molecule has 3 rings (SSSR count). The molecule has 1 aromatic heterocycles. The smallest absolute Gasteiger partial charge is 0.201 e. The number of fused-ring (bicyclic) bond motifs is 1. The van der Waals surface area contributed by atoms with Gasteiger partial charge in [-0.2, -0.15) is 0 Å². The summed E-state index contributed by atoms with van der Waals surface area (Å²) in [4.78, 5) is 12.4. The van der Waals surface area contributed by atoms with E-state index in [2.05, 4.69) is 5.32 Å². The highest BCUT2D eigenvalue weighted by molar-refractivity contribution is 5.99. The van der Waals surface area contributed by atoms with Gasteiger partial charge in [0.2, 0.25) is 5.78 Å². The van der Waals surface area contributed by atoms with Crippen molar-refractivity contribution in [1.29, 1.82) is 0 Å². The lowest BCUT2D eigenvalue weighted by atomic mass is 9.92. The van der Waals surface area contributed by atoms with Gasteiger partial charge in [0.25, 0.3) is 0 Å². The van der Waals surface area contributed by atoms with E-state index in [1.807, 2.05) is 31.2 Å². The Balaban J connectivity index is 1.94. The Morgan fingerprint density at radius 2 is 2.11 bits per heavy atom. The van der Waals surface area contributed by atoms with Crippen LogP contribution in [-0.2, 0) is 0 Å². The lowest BCUT2D eigenvalue weighted by Crippen LogP contribution is -2.31. The van der Waals surface area contributed by atoms with Crippen molar-refractivity contribution in [2.75, 3.05) is 13.1 Å². The van der Waals surface area contributed by atoms with E-state index < -0.39 is 0 Å². The number of hydrogen-bond donors (Lipinski definition) is 1. The number of rotatable bonds is 2. The molecule has 1 N–H and O–H groups in total. The van der Waals surface area contributed by atoms with E-state index in [4.69, 9.17) is 4.42 Å². The number of hydrogen-bond acceptors (Lipinski definition) is 3. The summed E-state index contributed by atoms with van der Waals surface area (Å²) >= 11 is 0. The molecular formula is C15H17NO2. The molecule has 0 atom stereocenters. The zero-order valence-electron chi connectivity index (χ0n) is 10.5. The largest absolute Gasteiger partial charge is 0.453 e. The van der Waals surface area contributed by atoms with Gasteiger partial charge in [0.05, 0.1) is 0 Å². The van der Waals surface area contributed by atoms with Crippen molar-refractivity contribution < 1.29 is 9.21 Å². The van der Waals surface area contributed by atoms with Gasteiger partial charge < -0.3 is 9.73 Å². The molecule has 1 aliphatic heterocycles. The summed E-state index contributed by atoms with van der Waals surface area (Å²) in [6.07, 6.45) is 1.82. The van der Waals surface area contributed by atoms with Gasteiger partial charge in [-0.05, 0) is 44.5 Å². The Morgan fingerprint density at radius 3 is 2.83 bits per heavy atom. The molecule has 1 saturated heterocycles. The fourth-order valence-electron chi connectivity index (χ4n) is 2.62. The highest BCUT2D eigenvalue weighted by Gasteiger charge is 2.25. The second kappa shape index (κ2) is 4.58. The maximum Gasteiger partial charge on any atom is 0.201 e. The molecule has 94 valence electrons. The summed E-state index contributed by atoms with van der Waals surface area (Å²) in [6.45, 7) is 3.86. The van der Waals surface area contributed by atoms with Crippen molar-refractivity contribution in [2.24, 2.45) is 5.92 Å². The molecule has 0 radical (unpaired) electrons. The first kappa shape index (κ1) is 11.5. The molecule has 1 fully saturated rings. The summed E-state index contributed by atoms with van der Waals surface area (Å²) in [5.41, 5.74) is 1.92. The molecule has 2 aromatic rings. The number of ketones is 1. The fraction of sp³-hybridized carbons (Fsp3) is 0.400. The number of Topliss-reactive ketones (excluding diaryl/α,β-unsaturated/α-hetero) is 1. The minimum absolute atomic E-state index is 0.118. The van der Waals surface area contributed by atoms with E-state index in [1.54, 1.807) is 0 Å². The van der Waals surface area contributed by atoms with E-state index in [-0.39, 0.29) is 11.7 Å². The van der Waals surface area contributed by atoms with Crippen LogP contribution in [0.25, 0.3) is 11.0 Å². The average molecular weight is 243 g/mol. The fourth-order valence-corrected chi connectivity index (χ4v) is 2.62. The highest BCUT2D eigenvalue weighted by atomic mass is 16.3. The van der Waals surface area contributed by atoms with Gasteiger partial charge in [-0.3, -0.25) is 4.79 Å². The van der Waals surface area contributed by atoms with Crippen LogP contribution < -0.4 is 5.32 Å². The number of nitrogens with one attached hydrogen (secondary N) is 1. The minimum atomic E-state index is 0.118. The maximum absolute atomic E-state index is 12.4. The first-order valence-electron chi connectivity index (χ1n) is 6.50. The van der Waals surface area contributed by atoms with Crippen LogP contribution in [0.2, 0.25) is 0 Å². The van der Waals surface area contributed by atoms with Crippen molar-refractivity contribution in [2.45, 2.75) is 19.8 Å². The number of aryl methyl sites for hydroxylation is 1. The molecule has 1 aliphatic rings. The van der Waals surface area contributed by atoms with Crippen LogP contribution >= 0.6 is 0 Å². The van der Waals surface area contributed by atoms with Gasteiger partial charge in [-0.15, -0.1) is 0 Å². The SMILES string of the molecule is Cc1cccc2cc(C(=O)C3CCNCC3)oc12. The molecule has 2 heterocycles. The molecule has 0 saturated carbocycles. The van der Waals surface area contributed by atoms with Crippen LogP contribution in [-0.4, -0.2) is 18.9 Å². The zero-order chi connectivity index (χ0) is 12.5. The number of carbonyl (C=O) groups is 1. The molecule has 0 aliphatic carbocycles. The standard InChI is InChI=1S/C15H17NO2/c1-10-3-2-4-12-9-13(18-15(10)12)14(17)11-5-7-16-8-6-11/h2-4,9,11,16H,5-8H2,1H3. The molecule has 0 bridgehead atoms. The number of para-hydroxylation sites is 1. The third kappa shape index (κ3) is 1.95. The van der Waals surface area contributed by atoms with E-state index in [1.165, 1.54) is 0 Å². The van der Waals surface area contributed by atoms with Crippen LogP contribution in [0, 0.1) is 12.8 Å². The maximum atomic E-state index is 12.4. The normalized spacial score (nSPS) is 17.2. The summed E-state index contributed by atoms with van der Waals surface area (Å²) in [7, 11) is 0. The summed E-state index contributed by atoms with van der Waals surface area (Å²) in [5, 5.41) is 4.29. The second-order valence-electron chi connectivity index (χ2n) is 4.99. The van der Waals surface area contributed by atoms with E-state index >= 15 is 0 Å². The molecule has 1 aromatic carbocycles. The van der Waals surface area contributed by atoms with Gasteiger partial charge in [0.15, 0.2) is 5.76 Å². The Kier molecular flexibility index (Phi) is 2.92. The van der Waals surface area contributed by atoms with Gasteiger partial charge in [0, 0.05) is 11.3 Å². The highest BCUT2D eigenvalue weighted by Crippen LogP contribution is 2.26. The first-order valence-corrected chi connectivity index (χ1v) is 6.50. The molecule has 3 heteroatoms. The Labute approximate surface area is 106 Å². The third-order valence-corrected chi connectivity index (χ3v) is 3.69. The van der Waals surface area contributed by atoms with E-state index in [9.17, 15) is 4.79 Å². The van der Waals surface area contributed by atoms with Crippen molar-refractivity contribution in [3.63, 3.8) is 0 Å². The summed E-state index contributed by atoms with van der Waals surface area (Å²) < 4.78 is 5.74. The third-order valence-electron chi connectivity index (χ3n) is 3.69. The quantitative estimate of drug-likeness (QED) is 0.825. The van der Waals surface area contributed by atoms with Crippen molar-refractivity contribution in [1.82, 2.24) is 5.32 Å². The number of piperidine rings is 1. The number of benzene rings is 1. The first-order chi connectivity index (χ1) is 8.75. The molecule has 0 unspecified atom stereocenters. The van der Waals surface area contributed by atoms with E-state index in [0.29, 0.717) is 5.76 Å². The topological polar surface area (TPSA) is 42.2 Å². The predicted molar refractivity (Wildman–Crippen MR) is 70.9 cm³/mol. The van der Waals surface area contributed by atoms with Crippen LogP contribution in [0.1, 0.15) is 29.0 Å². The number of carbonyl (C=O) groups excluding carboxylic acids is 1. The van der Waals surface area contributed by atoms with Gasteiger partial charge in [-0.25, -0.2) is 0 Å². The van der Waals surface area contributed by atoms with Crippen molar-refractivity contribution in [3.8, 4) is 0 Å². The second-order valence-corrected chi connectivity index (χ2v) is 4.99. The molecule has 3 nitrogen and oxygen atoms in total. The molecule has 0 amide bonds. The van der Waals surface area contributed by atoms with Gasteiger partial charge in [-0.1, -0.05) is 18.2 Å². The Bertz CT molecular complexity index is 579. The number of furan rings is 1. The monoisotopic (exact) mass is 243 g/mol. The van der Waals surface area contributed by atoms with Crippen molar-refractivity contribution >= 4 is 16.8 Å². The lowest BCUT2D eigenvalue weighted by molar-refractivity contribution is 0.0868. The Morgan fingerprint density at radius 1 is 1.33 bits per heavy atom. The van der Waals surface area contributed by atoms with Crippen LogP contribution in [0.3, 0.4) is 0 Å². The minimum Gasteiger partial charge on any atom is -0.453 e. The predicted octanol–water partition coefficient (Wildman–Crippen LogP) is 2.92. The van der Waals surface area contributed by atoms with Gasteiger partial charge >= 0.3 is 0 Å². The lowest BCUT2D eigenvalue weighted by Gasteiger charge is -2.20. The molecule has 18 heavy (non-hydrogen) atoms. The van der Waals surface area contributed by atoms with Crippen molar-refractivity contribution in [3.05, 3.63) is 35.6 Å². The average Bonchev–Trinajstić information content (AvgIpc) is 2.84. The van der Waals surface area contributed by atoms with Crippen LogP contribution in [0.4, 0.5) is 0 Å². The van der Waals surface area contributed by atoms with Crippen LogP contribution in [0.15, 0.2) is 28.7 Å². The van der Waals surface area contributed by atoms with E-state index in [0.717, 1.165) is 42.5 Å². The molecular weight excluding hydrogens is 226 g/mol. The Hall–Kier alpha value is -1.61.